The standard InChI is InChI=1S/C18H18ClNO/c1-12-9-14(18(2,3)4)6-8-16(12)21-17-10-15(19)7-5-13(17)11-20/h5-10H,1-4H3. The van der Waals surface area contributed by atoms with E-state index < -0.39 is 0 Å². The van der Waals surface area contributed by atoms with Crippen LogP contribution in [0.15, 0.2) is 36.4 Å². The highest BCUT2D eigenvalue weighted by atomic mass is 35.5. The van der Waals surface area contributed by atoms with Crippen LogP contribution in [0, 0.1) is 18.3 Å². The summed E-state index contributed by atoms with van der Waals surface area (Å²) in [5.41, 5.74) is 2.85. The number of nitriles is 1. The second-order valence-electron chi connectivity index (χ2n) is 6.08. The molecule has 0 bridgehead atoms. The SMILES string of the molecule is Cc1cc(C(C)(C)C)ccc1Oc1cc(Cl)ccc1C#N. The molecule has 2 aromatic rings. The Bertz CT molecular complexity index is 708. The summed E-state index contributed by atoms with van der Waals surface area (Å²) in [4.78, 5) is 0. The Morgan fingerprint density at radius 2 is 1.76 bits per heavy atom. The number of hydrogen-bond acceptors (Lipinski definition) is 2. The minimum Gasteiger partial charge on any atom is -0.456 e. The molecule has 0 heterocycles. The molecule has 0 amide bonds. The van der Waals surface area contributed by atoms with E-state index in [1.807, 2.05) is 13.0 Å². The van der Waals surface area contributed by atoms with E-state index in [0.29, 0.717) is 16.3 Å². The first-order chi connectivity index (χ1) is 9.81. The molecule has 3 heteroatoms. The van der Waals surface area contributed by atoms with Crippen molar-refractivity contribution < 1.29 is 4.74 Å². The van der Waals surface area contributed by atoms with Crippen LogP contribution in [-0.2, 0) is 5.41 Å². The summed E-state index contributed by atoms with van der Waals surface area (Å²) < 4.78 is 5.87. The van der Waals surface area contributed by atoms with Crippen molar-refractivity contribution in [1.82, 2.24) is 0 Å². The second kappa shape index (κ2) is 5.79. The van der Waals surface area contributed by atoms with Crippen LogP contribution in [0.5, 0.6) is 11.5 Å². The van der Waals surface area contributed by atoms with Gasteiger partial charge in [-0.1, -0.05) is 44.5 Å². The number of aryl methyl sites for hydroxylation is 1. The fourth-order valence-corrected chi connectivity index (χ4v) is 2.18. The van der Waals surface area contributed by atoms with Gasteiger partial charge in [0, 0.05) is 11.1 Å². The van der Waals surface area contributed by atoms with Gasteiger partial charge < -0.3 is 4.74 Å². The largest absolute Gasteiger partial charge is 0.456 e. The number of benzene rings is 2. The van der Waals surface area contributed by atoms with Crippen molar-refractivity contribution in [3.05, 3.63) is 58.1 Å². The summed E-state index contributed by atoms with van der Waals surface area (Å²) >= 11 is 5.98. The molecule has 0 radical (unpaired) electrons. The van der Waals surface area contributed by atoms with Gasteiger partial charge in [0.15, 0.2) is 0 Å². The third kappa shape index (κ3) is 3.56. The van der Waals surface area contributed by atoms with Gasteiger partial charge >= 0.3 is 0 Å². The smallest absolute Gasteiger partial charge is 0.146 e. The Labute approximate surface area is 130 Å². The molecule has 0 aliphatic rings. The van der Waals surface area contributed by atoms with Crippen molar-refractivity contribution in [3.8, 4) is 17.6 Å². The van der Waals surface area contributed by atoms with Crippen LogP contribution in [0.2, 0.25) is 5.02 Å². The number of hydrogen-bond donors (Lipinski definition) is 0. The molecule has 108 valence electrons. The Balaban J connectivity index is 2.37. The van der Waals surface area contributed by atoms with Crippen molar-refractivity contribution >= 4 is 11.6 Å². The summed E-state index contributed by atoms with van der Waals surface area (Å²) in [6, 6.07) is 13.2. The van der Waals surface area contributed by atoms with E-state index in [0.717, 1.165) is 11.3 Å². The fraction of sp³-hybridized carbons (Fsp3) is 0.278. The summed E-state index contributed by atoms with van der Waals surface area (Å²) in [6.45, 7) is 8.52. The molecule has 0 fully saturated rings. The lowest BCUT2D eigenvalue weighted by atomic mass is 9.86. The number of rotatable bonds is 2. The minimum atomic E-state index is 0.0944. The second-order valence-corrected chi connectivity index (χ2v) is 6.52. The number of ether oxygens (including phenoxy) is 1. The quantitative estimate of drug-likeness (QED) is 0.722. The highest BCUT2D eigenvalue weighted by molar-refractivity contribution is 6.30. The van der Waals surface area contributed by atoms with E-state index in [9.17, 15) is 0 Å². The van der Waals surface area contributed by atoms with Gasteiger partial charge in [-0.15, -0.1) is 0 Å². The van der Waals surface area contributed by atoms with E-state index in [1.165, 1.54) is 5.56 Å². The van der Waals surface area contributed by atoms with Crippen molar-refractivity contribution in [2.75, 3.05) is 0 Å². The van der Waals surface area contributed by atoms with Crippen molar-refractivity contribution in [1.29, 1.82) is 5.26 Å². The Morgan fingerprint density at radius 3 is 2.33 bits per heavy atom. The molecular formula is C18H18ClNO. The average Bonchev–Trinajstić information content (AvgIpc) is 2.40. The lowest BCUT2D eigenvalue weighted by Crippen LogP contribution is -2.11. The highest BCUT2D eigenvalue weighted by Crippen LogP contribution is 2.32. The molecule has 0 atom stereocenters. The van der Waals surface area contributed by atoms with Gasteiger partial charge in [0.1, 0.15) is 17.6 Å². The first-order valence-corrected chi connectivity index (χ1v) is 7.17. The maximum atomic E-state index is 9.13. The Hall–Kier alpha value is -1.98. The molecular weight excluding hydrogens is 282 g/mol. The zero-order chi connectivity index (χ0) is 15.6. The van der Waals surface area contributed by atoms with Gasteiger partial charge in [-0.05, 0) is 41.7 Å². The molecule has 0 spiro atoms. The zero-order valence-corrected chi connectivity index (χ0v) is 13.5. The predicted octanol–water partition coefficient (Wildman–Crippen LogP) is 5.61. The monoisotopic (exact) mass is 299 g/mol. The molecule has 0 saturated heterocycles. The lowest BCUT2D eigenvalue weighted by Gasteiger charge is -2.20. The van der Waals surface area contributed by atoms with Crippen LogP contribution < -0.4 is 4.74 Å². The summed E-state index contributed by atoms with van der Waals surface area (Å²) in [5, 5.41) is 9.68. The first-order valence-electron chi connectivity index (χ1n) is 6.80. The molecule has 2 aromatic carbocycles. The molecule has 0 unspecified atom stereocenters. The first kappa shape index (κ1) is 15.4. The van der Waals surface area contributed by atoms with E-state index in [4.69, 9.17) is 21.6 Å². The third-order valence-corrected chi connectivity index (χ3v) is 3.56. The summed E-state index contributed by atoms with van der Waals surface area (Å²) in [5.74, 6) is 1.22. The van der Waals surface area contributed by atoms with E-state index in [2.05, 4.69) is 39.0 Å². The fourth-order valence-electron chi connectivity index (χ4n) is 2.02. The normalized spacial score (nSPS) is 11.0. The topological polar surface area (TPSA) is 33.0 Å². The van der Waals surface area contributed by atoms with Crippen LogP contribution in [0.3, 0.4) is 0 Å². The molecule has 0 aliphatic carbocycles. The molecule has 0 aromatic heterocycles. The molecule has 0 N–H and O–H groups in total. The van der Waals surface area contributed by atoms with Crippen LogP contribution in [0.1, 0.15) is 37.5 Å². The third-order valence-electron chi connectivity index (χ3n) is 3.32. The van der Waals surface area contributed by atoms with E-state index >= 15 is 0 Å². The predicted molar refractivity (Wildman–Crippen MR) is 86.1 cm³/mol. The van der Waals surface area contributed by atoms with Gasteiger partial charge in [-0.25, -0.2) is 0 Å². The van der Waals surface area contributed by atoms with Gasteiger partial charge in [0.25, 0.3) is 0 Å². The van der Waals surface area contributed by atoms with Crippen LogP contribution in [0.25, 0.3) is 0 Å². The van der Waals surface area contributed by atoms with Crippen LogP contribution in [0.4, 0.5) is 0 Å². The van der Waals surface area contributed by atoms with Gasteiger partial charge in [0.2, 0.25) is 0 Å². The van der Waals surface area contributed by atoms with Crippen LogP contribution >= 0.6 is 11.6 Å². The molecule has 0 aliphatic heterocycles. The molecule has 21 heavy (non-hydrogen) atoms. The van der Waals surface area contributed by atoms with E-state index in [1.54, 1.807) is 18.2 Å². The maximum absolute atomic E-state index is 9.13. The molecule has 2 rings (SSSR count). The number of halogens is 1. The minimum absolute atomic E-state index is 0.0944. The average molecular weight is 300 g/mol. The summed E-state index contributed by atoms with van der Waals surface area (Å²) in [6.07, 6.45) is 0. The van der Waals surface area contributed by atoms with Gasteiger partial charge in [0.05, 0.1) is 5.56 Å². The molecule has 0 saturated carbocycles. The number of nitrogens with zero attached hydrogens (tertiary/aromatic N) is 1. The van der Waals surface area contributed by atoms with Gasteiger partial charge in [-0.3, -0.25) is 0 Å². The highest BCUT2D eigenvalue weighted by Gasteiger charge is 2.15. The Morgan fingerprint density at radius 1 is 1.05 bits per heavy atom. The lowest BCUT2D eigenvalue weighted by molar-refractivity contribution is 0.476. The summed E-state index contributed by atoms with van der Waals surface area (Å²) in [7, 11) is 0. The van der Waals surface area contributed by atoms with Crippen molar-refractivity contribution in [2.45, 2.75) is 33.1 Å². The van der Waals surface area contributed by atoms with Gasteiger partial charge in [-0.2, -0.15) is 5.26 Å². The Kier molecular flexibility index (Phi) is 4.25. The van der Waals surface area contributed by atoms with Crippen molar-refractivity contribution in [2.24, 2.45) is 0 Å². The maximum Gasteiger partial charge on any atom is 0.146 e. The van der Waals surface area contributed by atoms with Crippen molar-refractivity contribution in [3.63, 3.8) is 0 Å². The molecule has 2 nitrogen and oxygen atoms in total. The van der Waals surface area contributed by atoms with E-state index in [-0.39, 0.29) is 5.41 Å². The van der Waals surface area contributed by atoms with Crippen LogP contribution in [-0.4, -0.2) is 0 Å². The zero-order valence-electron chi connectivity index (χ0n) is 12.7.